The number of nitrogens with zero attached hydrogens (tertiary/aromatic N) is 10. The second kappa shape index (κ2) is 30.8. The maximum absolute atomic E-state index is 10.7. The van der Waals surface area contributed by atoms with Crippen LogP contribution in [-0.2, 0) is 26.2 Å². The van der Waals surface area contributed by atoms with E-state index in [1.165, 1.54) is 108 Å². The van der Waals surface area contributed by atoms with Crippen molar-refractivity contribution in [1.29, 1.82) is 31.6 Å². The van der Waals surface area contributed by atoms with E-state index in [1.54, 1.807) is 36.4 Å². The SMILES string of the molecule is CC#N.CC#N.CC#N.CC#N.CC#N.CC#N.F[P-](F)(F)(F)(F)F.F[P-](F)(F)(F)(F)F.F[P-](F)(F)(F)(F)F.F[P-](F)(F)(F)(F)F.c1cc2ccc3cc2cc1C[n+]1ccc(cc1)-c1cc[n+](cc1)Cc1ccc2ccc(cc2c1)C[n+]1ccc(cc1)-c1cc[n+](cc1)C3. The van der Waals surface area contributed by atoms with E-state index in [1.807, 2.05) is 0 Å². The maximum atomic E-state index is 9.87. The van der Waals surface area contributed by atoms with Crippen LogP contribution in [0.5, 0.6) is 0 Å². The number of rotatable bonds is 0. The van der Waals surface area contributed by atoms with E-state index in [4.69, 9.17) is 31.6 Å². The fourth-order valence-corrected chi connectivity index (χ4v) is 6.95. The van der Waals surface area contributed by atoms with Gasteiger partial charge < -0.3 is 0 Å². The molecule has 0 amide bonds. The number of hydrogen-bond donors (Lipinski definition) is 0. The van der Waals surface area contributed by atoms with Gasteiger partial charge in [0.25, 0.3) is 0 Å². The zero-order valence-corrected chi connectivity index (χ0v) is 52.9. The predicted molar refractivity (Wildman–Crippen MR) is 311 cm³/mol. The third-order valence-corrected chi connectivity index (χ3v) is 9.63. The zero-order chi connectivity index (χ0) is 73.7. The van der Waals surface area contributed by atoms with Gasteiger partial charge in [0.05, 0.1) is 36.4 Å². The van der Waals surface area contributed by atoms with E-state index in [0.717, 1.165) is 26.2 Å². The molecule has 4 aromatic heterocycles. The molecule has 38 heteroatoms. The minimum Gasteiger partial charge on any atom is -0.201 e. The second-order valence-electron chi connectivity index (χ2n) is 18.2. The summed E-state index contributed by atoms with van der Waals surface area (Å²) in [5.41, 5.74) is 10.1. The number of benzene rings is 4. The molecule has 8 aromatic rings. The van der Waals surface area contributed by atoms with E-state index < -0.39 is 31.2 Å². The fraction of sp³-hybridized carbons (Fsp3) is 0.179. The minimum absolute atomic E-state index is 0.832. The molecule has 0 saturated carbocycles. The van der Waals surface area contributed by atoms with Crippen molar-refractivity contribution < 1.29 is 119 Å². The first-order valence-corrected chi connectivity index (χ1v) is 33.2. The molecule has 0 unspecified atom stereocenters. The Morgan fingerprint density at radius 1 is 0.234 bits per heavy atom. The summed E-state index contributed by atoms with van der Waals surface area (Å²) in [6.07, 6.45) is 17.5. The Morgan fingerprint density at radius 2 is 0.351 bits per heavy atom. The third-order valence-electron chi connectivity index (χ3n) is 9.63. The molecule has 0 aliphatic carbocycles. The number of halogens is 24. The van der Waals surface area contributed by atoms with Gasteiger partial charge in [0.1, 0.15) is 0 Å². The summed E-state index contributed by atoms with van der Waals surface area (Å²) >= 11 is 0. The Morgan fingerprint density at radius 3 is 0.468 bits per heavy atom. The summed E-state index contributed by atoms with van der Waals surface area (Å²) in [4.78, 5) is 0. The first-order valence-electron chi connectivity index (χ1n) is 25.1. The molecule has 0 radical (unpaired) electrons. The van der Waals surface area contributed by atoms with Crippen LogP contribution in [-0.4, -0.2) is 0 Å². The van der Waals surface area contributed by atoms with Gasteiger partial charge in [-0.1, -0.05) is 48.5 Å². The summed E-state index contributed by atoms with van der Waals surface area (Å²) < 4.78 is 246. The summed E-state index contributed by atoms with van der Waals surface area (Å²) in [7, 11) is -42.6. The molecule has 14 bridgehead atoms. The molecule has 4 aromatic carbocycles. The molecule has 0 atom stereocenters. The molecule has 15 rings (SSSR count). The second-order valence-corrected chi connectivity index (χ2v) is 25.9. The van der Waals surface area contributed by atoms with Gasteiger partial charge in [0.15, 0.2) is 75.8 Å². The average molecular weight is 1450 g/mol. The zero-order valence-electron chi connectivity index (χ0n) is 49.3. The van der Waals surface area contributed by atoms with Crippen LogP contribution in [0.15, 0.2) is 171 Å². The van der Waals surface area contributed by atoms with E-state index in [-0.39, 0.29) is 0 Å². The molecule has 0 fully saturated rings. The van der Waals surface area contributed by atoms with Crippen LogP contribution in [0.3, 0.4) is 0 Å². The molecule has 10 nitrogen and oxygen atoms in total. The summed E-state index contributed by atoms with van der Waals surface area (Å²) in [5.74, 6) is 0. The standard InChI is InChI=1S/C44H36N4.6C2H3N.4F6P/c1-5-37-6-2-34-26-43(37)25-33(1)29-45-17-9-39(10-18-45)40-11-21-47(22-12-40)31-35-3-7-38-8-4-36(28-44(38)27-35)32-48-23-15-42(16-24-48)41-13-19-46(30-34)20-14-41;6*1-2-3;4*1-7(2,3,4,5)6/h1-28H,29-32H2;6*1H3;;;;/q+4;;;;;;;4*-1. The smallest absolute Gasteiger partial charge is 0.173 e. The van der Waals surface area contributed by atoms with Crippen molar-refractivity contribution >= 4 is 52.8 Å². The molecule has 0 spiro atoms. The van der Waals surface area contributed by atoms with Gasteiger partial charge in [0.2, 0.25) is 0 Å². The van der Waals surface area contributed by atoms with E-state index in [0.29, 0.717) is 0 Å². The van der Waals surface area contributed by atoms with Gasteiger partial charge in [0, 0.05) is 112 Å². The Hall–Kier alpha value is -9.02. The molecular formula is C56H54F24N10P4. The quantitative estimate of drug-likeness (QED) is 0.0835. The molecule has 7 aliphatic rings. The van der Waals surface area contributed by atoms with Crippen LogP contribution in [0.1, 0.15) is 63.8 Å². The van der Waals surface area contributed by atoms with Crippen molar-refractivity contribution in [2.24, 2.45) is 0 Å². The molecule has 0 saturated heterocycles. The van der Waals surface area contributed by atoms with Gasteiger partial charge in [-0.05, 0) is 68.1 Å². The van der Waals surface area contributed by atoms with Gasteiger partial charge in [-0.15, -0.1) is 0 Å². The summed E-state index contributed by atoms with van der Waals surface area (Å²) in [5, 5.41) is 49.0. The summed E-state index contributed by atoms with van der Waals surface area (Å²) in [6.45, 7) is 11.9. The van der Waals surface area contributed by atoms with Crippen LogP contribution in [0, 0.1) is 68.0 Å². The van der Waals surface area contributed by atoms with Crippen LogP contribution in [0.2, 0.25) is 0 Å². The van der Waals surface area contributed by atoms with Crippen LogP contribution in [0.25, 0.3) is 43.8 Å². The van der Waals surface area contributed by atoms with Crippen molar-refractivity contribution in [2.45, 2.75) is 67.7 Å². The number of hydrogen-bond acceptors (Lipinski definition) is 6. The molecular weight excluding hydrogens is 1390 g/mol. The number of nitriles is 6. The first kappa shape index (κ1) is 87.0. The number of pyridine rings is 4. The fourth-order valence-electron chi connectivity index (χ4n) is 6.95. The molecule has 0 N–H and O–H groups in total. The Kier molecular flexibility index (Phi) is 28.5. The molecule has 516 valence electrons. The van der Waals surface area contributed by atoms with Gasteiger partial charge >= 0.3 is 132 Å². The number of aromatic nitrogens is 4. The van der Waals surface area contributed by atoms with Gasteiger partial charge in [-0.2, -0.15) is 31.6 Å². The third kappa shape index (κ3) is 56.9. The summed E-state index contributed by atoms with van der Waals surface area (Å²) in [6, 6.07) is 55.5. The Labute approximate surface area is 521 Å². The van der Waals surface area contributed by atoms with E-state index in [2.05, 4.69) is 189 Å². The molecule has 11 heterocycles. The van der Waals surface area contributed by atoms with Gasteiger partial charge in [-0.25, -0.2) is 18.3 Å². The topological polar surface area (TPSA) is 158 Å². The molecule has 94 heavy (non-hydrogen) atoms. The first-order chi connectivity index (χ1) is 41.9. The average Bonchev–Trinajstić information content (AvgIpc) is 0.819. The maximum Gasteiger partial charge on any atom is 0.173 e. The molecule has 7 aliphatic heterocycles. The predicted octanol–water partition coefficient (Wildman–Crippen LogP) is 23.7. The van der Waals surface area contributed by atoms with Crippen molar-refractivity contribution in [3.05, 3.63) is 193 Å². The normalized spacial score (nSPS) is 13.9. The van der Waals surface area contributed by atoms with Crippen LogP contribution < -0.4 is 18.3 Å². The van der Waals surface area contributed by atoms with Crippen molar-refractivity contribution in [3.8, 4) is 58.7 Å². The van der Waals surface area contributed by atoms with Crippen LogP contribution in [0.4, 0.5) is 101 Å². The Bertz CT molecular complexity index is 3460. The van der Waals surface area contributed by atoms with Crippen LogP contribution >= 0.6 is 31.2 Å². The van der Waals surface area contributed by atoms with Crippen molar-refractivity contribution in [2.75, 3.05) is 0 Å². The van der Waals surface area contributed by atoms with Crippen molar-refractivity contribution in [1.82, 2.24) is 0 Å². The largest absolute Gasteiger partial charge is 0.201 e. The monoisotopic (exact) mass is 1450 g/mol. The van der Waals surface area contributed by atoms with E-state index >= 15 is 0 Å². The minimum atomic E-state index is -10.7. The Balaban J connectivity index is 0. The van der Waals surface area contributed by atoms with Gasteiger partial charge in [-0.3, -0.25) is 0 Å². The van der Waals surface area contributed by atoms with Crippen molar-refractivity contribution in [3.63, 3.8) is 0 Å². The van der Waals surface area contributed by atoms with E-state index in [9.17, 15) is 101 Å².